The number of nitrogens with one attached hydrogen (secondary N) is 2. The molecule has 5 heteroatoms. The highest BCUT2D eigenvalue weighted by Crippen LogP contribution is 2.34. The van der Waals surface area contributed by atoms with Gasteiger partial charge in [-0.15, -0.1) is 0 Å². The number of hydrogen-bond acceptors (Lipinski definition) is 3. The van der Waals surface area contributed by atoms with E-state index in [-0.39, 0.29) is 5.97 Å². The van der Waals surface area contributed by atoms with E-state index < -0.39 is 0 Å². The molecule has 1 fully saturated rings. The van der Waals surface area contributed by atoms with Gasteiger partial charge in [0.2, 0.25) is 0 Å². The van der Waals surface area contributed by atoms with E-state index in [1.54, 1.807) is 6.20 Å². The number of ether oxygens (including phenoxy) is 1. The molecule has 0 bridgehead atoms. The fourth-order valence-corrected chi connectivity index (χ4v) is 3.38. The van der Waals surface area contributed by atoms with Crippen LogP contribution in [0.15, 0.2) is 42.6 Å². The number of methoxy groups -OCH3 is 1. The van der Waals surface area contributed by atoms with Crippen molar-refractivity contribution in [2.45, 2.75) is 12.5 Å². The van der Waals surface area contributed by atoms with Gasteiger partial charge in [0.05, 0.1) is 17.7 Å². The van der Waals surface area contributed by atoms with Crippen LogP contribution in [-0.2, 0) is 4.74 Å². The highest BCUT2D eigenvalue weighted by Gasteiger charge is 2.19. The van der Waals surface area contributed by atoms with Crippen LogP contribution in [0.4, 0.5) is 0 Å². The summed E-state index contributed by atoms with van der Waals surface area (Å²) in [5.41, 5.74) is 4.56. The molecule has 1 aliphatic heterocycles. The smallest absolute Gasteiger partial charge is 0.340 e. The van der Waals surface area contributed by atoms with Crippen molar-refractivity contribution in [3.63, 3.8) is 0 Å². The van der Waals surface area contributed by atoms with Crippen LogP contribution in [-0.4, -0.2) is 24.6 Å². The first-order valence-corrected chi connectivity index (χ1v) is 8.28. The summed E-state index contributed by atoms with van der Waals surface area (Å²) >= 11 is 6.45. The van der Waals surface area contributed by atoms with Gasteiger partial charge in [0.1, 0.15) is 0 Å². The van der Waals surface area contributed by atoms with E-state index in [1.165, 1.54) is 19.1 Å². The Labute approximate surface area is 144 Å². The summed E-state index contributed by atoms with van der Waals surface area (Å²) in [6.07, 6.45) is 2.83. The van der Waals surface area contributed by atoms with Gasteiger partial charge in [-0.05, 0) is 36.2 Å². The number of aromatic amines is 1. The van der Waals surface area contributed by atoms with E-state index in [0.29, 0.717) is 16.6 Å². The molecule has 0 amide bonds. The third kappa shape index (κ3) is 2.48. The van der Waals surface area contributed by atoms with Crippen molar-refractivity contribution in [2.75, 3.05) is 13.7 Å². The summed E-state index contributed by atoms with van der Waals surface area (Å²) in [5.74, 6) is -0.360. The van der Waals surface area contributed by atoms with E-state index in [4.69, 9.17) is 16.3 Å². The number of carbonyl (C=O) groups is 1. The number of fused-ring (bicyclic) bond motifs is 1. The Morgan fingerprint density at radius 1 is 1.25 bits per heavy atom. The normalized spacial score (nSPS) is 16.8. The zero-order valence-corrected chi connectivity index (χ0v) is 14.0. The minimum atomic E-state index is -0.360. The van der Waals surface area contributed by atoms with Crippen LogP contribution in [0.2, 0.25) is 5.02 Å². The zero-order chi connectivity index (χ0) is 16.7. The van der Waals surface area contributed by atoms with Gasteiger partial charge in [-0.1, -0.05) is 35.9 Å². The molecule has 3 aromatic rings. The number of rotatable bonds is 3. The molecule has 122 valence electrons. The lowest BCUT2D eigenvalue weighted by Gasteiger charge is -2.28. The van der Waals surface area contributed by atoms with Crippen LogP contribution < -0.4 is 5.32 Å². The van der Waals surface area contributed by atoms with E-state index >= 15 is 0 Å². The Bertz CT molecular complexity index is 911. The maximum Gasteiger partial charge on any atom is 0.340 e. The van der Waals surface area contributed by atoms with E-state index in [2.05, 4.69) is 34.6 Å². The van der Waals surface area contributed by atoms with Crippen LogP contribution in [0.25, 0.3) is 22.0 Å². The predicted octanol–water partition coefficient (Wildman–Crippen LogP) is 4.31. The quantitative estimate of drug-likeness (QED) is 0.698. The third-order valence-corrected chi connectivity index (χ3v) is 4.94. The van der Waals surface area contributed by atoms with E-state index in [9.17, 15) is 4.79 Å². The van der Waals surface area contributed by atoms with Gasteiger partial charge in [-0.25, -0.2) is 4.79 Å². The molecule has 0 unspecified atom stereocenters. The van der Waals surface area contributed by atoms with E-state index in [1.807, 2.05) is 12.1 Å². The number of aromatic nitrogens is 1. The molecule has 0 spiro atoms. The van der Waals surface area contributed by atoms with Crippen LogP contribution in [0.5, 0.6) is 0 Å². The molecule has 4 rings (SSSR count). The standard InChI is InChI=1S/C19H17ClN2O2/c1-24-19(23)15-10-22-18-9-16(20)13(8-14(15)18)11-2-4-12(5-3-11)17-6-7-21-17/h2-5,8-10,17,21-22H,6-7H2,1H3/t17-/m0/s1. The highest BCUT2D eigenvalue weighted by atomic mass is 35.5. The number of carbonyl (C=O) groups excluding carboxylic acids is 1. The van der Waals surface area contributed by atoms with Crippen LogP contribution in [0.1, 0.15) is 28.4 Å². The van der Waals surface area contributed by atoms with Gasteiger partial charge in [0.25, 0.3) is 0 Å². The third-order valence-electron chi connectivity index (χ3n) is 4.62. The second kappa shape index (κ2) is 5.96. The zero-order valence-electron chi connectivity index (χ0n) is 13.2. The summed E-state index contributed by atoms with van der Waals surface area (Å²) in [6.45, 7) is 1.08. The molecule has 2 heterocycles. The molecular formula is C19H17ClN2O2. The van der Waals surface area contributed by atoms with Crippen molar-refractivity contribution in [1.82, 2.24) is 10.3 Å². The van der Waals surface area contributed by atoms with Crippen molar-refractivity contribution >= 4 is 28.5 Å². The average Bonchev–Trinajstić information content (AvgIpc) is 2.95. The Balaban J connectivity index is 1.77. The van der Waals surface area contributed by atoms with Gasteiger partial charge in [0, 0.05) is 28.7 Å². The number of H-pyrrole nitrogens is 1. The van der Waals surface area contributed by atoms with Gasteiger partial charge >= 0.3 is 5.97 Å². The molecule has 0 radical (unpaired) electrons. The second-order valence-electron chi connectivity index (χ2n) is 5.99. The molecule has 1 aromatic heterocycles. The first-order chi connectivity index (χ1) is 11.7. The van der Waals surface area contributed by atoms with Gasteiger partial charge < -0.3 is 15.0 Å². The van der Waals surface area contributed by atoms with Gasteiger partial charge in [-0.3, -0.25) is 0 Å². The van der Waals surface area contributed by atoms with Crippen LogP contribution in [0.3, 0.4) is 0 Å². The molecule has 1 aliphatic rings. The molecule has 0 aliphatic carbocycles. The van der Waals surface area contributed by atoms with E-state index in [0.717, 1.165) is 28.6 Å². The largest absolute Gasteiger partial charge is 0.465 e. The Hall–Kier alpha value is -2.30. The Kier molecular flexibility index (Phi) is 3.79. The lowest BCUT2D eigenvalue weighted by Crippen LogP contribution is -2.34. The highest BCUT2D eigenvalue weighted by molar-refractivity contribution is 6.34. The Morgan fingerprint density at radius 3 is 2.62 bits per heavy atom. The summed E-state index contributed by atoms with van der Waals surface area (Å²) in [6, 6.07) is 12.7. The average molecular weight is 341 g/mol. The minimum absolute atomic E-state index is 0.360. The topological polar surface area (TPSA) is 54.1 Å². The summed E-state index contributed by atoms with van der Waals surface area (Å²) in [5, 5.41) is 4.86. The van der Waals surface area contributed by atoms with Gasteiger partial charge in [-0.2, -0.15) is 0 Å². The monoisotopic (exact) mass is 340 g/mol. The van der Waals surface area contributed by atoms with Gasteiger partial charge in [0.15, 0.2) is 0 Å². The van der Waals surface area contributed by atoms with Crippen molar-refractivity contribution < 1.29 is 9.53 Å². The molecule has 24 heavy (non-hydrogen) atoms. The molecule has 1 atom stereocenters. The summed E-state index contributed by atoms with van der Waals surface area (Å²) in [7, 11) is 1.38. The fourth-order valence-electron chi connectivity index (χ4n) is 3.11. The number of hydrogen-bond donors (Lipinski definition) is 2. The minimum Gasteiger partial charge on any atom is -0.465 e. The molecule has 1 saturated heterocycles. The summed E-state index contributed by atoms with van der Waals surface area (Å²) in [4.78, 5) is 15.0. The molecule has 2 aromatic carbocycles. The fraction of sp³-hybridized carbons (Fsp3) is 0.211. The Morgan fingerprint density at radius 2 is 2.00 bits per heavy atom. The lowest BCUT2D eigenvalue weighted by atomic mass is 9.95. The first-order valence-electron chi connectivity index (χ1n) is 7.90. The first kappa shape index (κ1) is 15.2. The number of benzene rings is 2. The van der Waals surface area contributed by atoms with Crippen LogP contribution in [0, 0.1) is 0 Å². The predicted molar refractivity (Wildman–Crippen MR) is 95.4 cm³/mol. The summed E-state index contributed by atoms with van der Waals surface area (Å²) < 4.78 is 4.84. The molecular weight excluding hydrogens is 324 g/mol. The van der Waals surface area contributed by atoms with Crippen molar-refractivity contribution in [1.29, 1.82) is 0 Å². The lowest BCUT2D eigenvalue weighted by molar-refractivity contribution is 0.0603. The van der Waals surface area contributed by atoms with Crippen LogP contribution >= 0.6 is 11.6 Å². The maximum absolute atomic E-state index is 11.9. The number of halogens is 1. The SMILES string of the molecule is COC(=O)c1c[nH]c2cc(Cl)c(-c3ccc([C@@H]4CCN4)cc3)cc12. The second-order valence-corrected chi connectivity index (χ2v) is 6.40. The van der Waals surface area contributed by atoms with Crippen molar-refractivity contribution in [3.8, 4) is 11.1 Å². The molecule has 2 N–H and O–H groups in total. The van der Waals surface area contributed by atoms with Crippen molar-refractivity contribution in [2.24, 2.45) is 0 Å². The maximum atomic E-state index is 11.9. The van der Waals surface area contributed by atoms with Crippen molar-refractivity contribution in [3.05, 3.63) is 58.7 Å². The molecule has 0 saturated carbocycles. The molecule has 4 nitrogen and oxygen atoms in total. The number of esters is 1.